The Morgan fingerprint density at radius 3 is 2.52 bits per heavy atom. The second-order valence-electron chi connectivity index (χ2n) is 6.57. The van der Waals surface area contributed by atoms with Gasteiger partial charge in [-0.25, -0.2) is 0 Å². The molecule has 124 valence electrons. The third kappa shape index (κ3) is 5.08. The van der Waals surface area contributed by atoms with Gasteiger partial charge in [-0.1, -0.05) is 56.4 Å². The molecule has 0 saturated carbocycles. The summed E-state index contributed by atoms with van der Waals surface area (Å²) in [5.74, 6) is 0.991. The number of Topliss-reactive ketones (excluding diaryl/α,β-unsaturated/α-hetero) is 1. The lowest BCUT2D eigenvalue weighted by Gasteiger charge is -2.23. The van der Waals surface area contributed by atoms with Crippen molar-refractivity contribution in [3.05, 3.63) is 54.6 Å². The van der Waals surface area contributed by atoms with Crippen LogP contribution >= 0.6 is 0 Å². The molecule has 1 aliphatic rings. The molecule has 0 bridgehead atoms. The lowest BCUT2D eigenvalue weighted by atomic mass is 9.87. The first kappa shape index (κ1) is 18.0. The monoisotopic (exact) mass is 330 g/mol. The van der Waals surface area contributed by atoms with E-state index >= 15 is 0 Å². The van der Waals surface area contributed by atoms with Crippen LogP contribution < -0.4 is 0 Å². The van der Waals surface area contributed by atoms with Gasteiger partial charge in [0.25, 0.3) is 0 Å². The van der Waals surface area contributed by atoms with Gasteiger partial charge in [-0.3, -0.25) is 4.79 Å². The van der Waals surface area contributed by atoms with E-state index in [1.807, 2.05) is 30.3 Å². The molecule has 0 fully saturated rings. The molecular formula is C20H26O2S. The maximum Gasteiger partial charge on any atom is 0.185 e. The van der Waals surface area contributed by atoms with Crippen molar-refractivity contribution in [3.63, 3.8) is 0 Å². The van der Waals surface area contributed by atoms with Crippen LogP contribution in [0.15, 0.2) is 59.5 Å². The second-order valence-corrected chi connectivity index (χ2v) is 8.20. The molecule has 0 saturated heterocycles. The maximum absolute atomic E-state index is 12.8. The first-order valence-electron chi connectivity index (χ1n) is 8.33. The highest BCUT2D eigenvalue weighted by Gasteiger charge is 2.32. The molecule has 0 amide bonds. The second kappa shape index (κ2) is 8.51. The van der Waals surface area contributed by atoms with Crippen molar-refractivity contribution < 1.29 is 9.35 Å². The minimum atomic E-state index is -1.28. The van der Waals surface area contributed by atoms with E-state index in [4.69, 9.17) is 0 Å². The van der Waals surface area contributed by atoms with Gasteiger partial charge in [0.15, 0.2) is 15.9 Å². The van der Waals surface area contributed by atoms with E-state index in [1.54, 1.807) is 0 Å². The molecule has 1 aromatic carbocycles. The summed E-state index contributed by atoms with van der Waals surface area (Å²) in [5, 5.41) is -0.423. The van der Waals surface area contributed by atoms with Crippen LogP contribution in [0.2, 0.25) is 0 Å². The van der Waals surface area contributed by atoms with Gasteiger partial charge in [0.1, 0.15) is 0 Å². The summed E-state index contributed by atoms with van der Waals surface area (Å²) in [7, 11) is 0. The lowest BCUT2D eigenvalue weighted by molar-refractivity contribution is -0.119. The van der Waals surface area contributed by atoms with Gasteiger partial charge >= 0.3 is 0 Å². The number of hydrogen-bond donors (Lipinski definition) is 0. The van der Waals surface area contributed by atoms with Crippen molar-refractivity contribution in [2.75, 3.05) is 0 Å². The Kier molecular flexibility index (Phi) is 6.67. The van der Waals surface area contributed by atoms with Gasteiger partial charge in [-0.2, -0.15) is 0 Å². The van der Waals surface area contributed by atoms with Gasteiger partial charge in [0.2, 0.25) is 0 Å². The van der Waals surface area contributed by atoms with Gasteiger partial charge in [-0.05, 0) is 48.0 Å². The van der Waals surface area contributed by atoms with Crippen LogP contribution in [-0.2, 0) is 16.0 Å². The summed E-state index contributed by atoms with van der Waals surface area (Å²) >= 11 is -1.28. The maximum atomic E-state index is 12.8. The number of allylic oxidation sites excluding steroid dienone is 3. The Morgan fingerprint density at radius 1 is 1.17 bits per heavy atom. The number of benzene rings is 1. The predicted octanol–water partition coefficient (Wildman–Crippen LogP) is 4.69. The van der Waals surface area contributed by atoms with E-state index in [2.05, 4.69) is 32.6 Å². The molecule has 2 rings (SSSR count). The highest BCUT2D eigenvalue weighted by molar-refractivity contribution is 7.92. The molecule has 23 heavy (non-hydrogen) atoms. The third-order valence-corrected chi connectivity index (χ3v) is 6.23. The Balaban J connectivity index is 2.18. The van der Waals surface area contributed by atoms with Gasteiger partial charge < -0.3 is 4.55 Å². The normalized spacial score (nSPS) is 24.7. The summed E-state index contributed by atoms with van der Waals surface area (Å²) in [5.41, 5.74) is 1.01. The zero-order valence-corrected chi connectivity index (χ0v) is 14.9. The minimum Gasteiger partial charge on any atom is -0.611 e. The number of carbonyl (C=O) groups excluding carboxylic acids is 1. The lowest BCUT2D eigenvalue weighted by Crippen LogP contribution is -2.31. The van der Waals surface area contributed by atoms with Crippen molar-refractivity contribution in [1.82, 2.24) is 0 Å². The quantitative estimate of drug-likeness (QED) is 0.754. The standard InChI is InChI=1S/C20H26O2S/c1-15(2)17-11-9-16(3)10-14-20(19(21)13-12-17)23(22)18-7-5-4-6-8-18/h4-9,11,15,17,20H,3,10,12-14H2,1-2H3/t17-,20?,23?/m0/s1. The number of rotatable bonds is 3. The highest BCUT2D eigenvalue weighted by Crippen LogP contribution is 2.27. The molecule has 0 aliphatic heterocycles. The molecule has 0 radical (unpaired) electrons. The molecule has 0 aromatic heterocycles. The van der Waals surface area contributed by atoms with Crippen molar-refractivity contribution in [2.45, 2.75) is 49.7 Å². The van der Waals surface area contributed by atoms with Gasteiger partial charge in [0, 0.05) is 12.8 Å². The highest BCUT2D eigenvalue weighted by atomic mass is 32.2. The summed E-state index contributed by atoms with van der Waals surface area (Å²) in [6, 6.07) is 9.32. The van der Waals surface area contributed by atoms with Gasteiger partial charge in [-0.15, -0.1) is 0 Å². The minimum absolute atomic E-state index is 0.126. The van der Waals surface area contributed by atoms with Crippen LogP contribution in [0, 0.1) is 11.8 Å². The van der Waals surface area contributed by atoms with Crippen LogP contribution in [0.1, 0.15) is 39.5 Å². The third-order valence-electron chi connectivity index (χ3n) is 4.48. The van der Waals surface area contributed by atoms with E-state index in [1.165, 1.54) is 0 Å². The molecule has 2 nitrogen and oxygen atoms in total. The van der Waals surface area contributed by atoms with Crippen LogP contribution in [0.5, 0.6) is 0 Å². The number of ketones is 1. The van der Waals surface area contributed by atoms with Crippen LogP contribution in [0.25, 0.3) is 0 Å². The molecule has 3 heteroatoms. The topological polar surface area (TPSA) is 40.1 Å². The molecule has 3 atom stereocenters. The molecular weight excluding hydrogens is 304 g/mol. The van der Waals surface area contributed by atoms with Crippen LogP contribution in [-0.4, -0.2) is 15.6 Å². The zero-order valence-electron chi connectivity index (χ0n) is 14.0. The molecule has 0 N–H and O–H groups in total. The Hall–Kier alpha value is -1.32. The summed E-state index contributed by atoms with van der Waals surface area (Å²) in [6.45, 7) is 8.42. The Bertz CT molecular complexity index is 562. The average molecular weight is 330 g/mol. The first-order valence-corrected chi connectivity index (χ1v) is 9.54. The molecule has 1 aromatic rings. The fourth-order valence-electron chi connectivity index (χ4n) is 2.89. The molecule has 0 spiro atoms. The summed E-state index contributed by atoms with van der Waals surface area (Å²) in [4.78, 5) is 13.4. The zero-order chi connectivity index (χ0) is 16.8. The van der Waals surface area contributed by atoms with E-state index in [0.717, 1.165) is 23.3 Å². The predicted molar refractivity (Wildman–Crippen MR) is 96.7 cm³/mol. The van der Waals surface area contributed by atoms with Crippen molar-refractivity contribution in [1.29, 1.82) is 0 Å². The van der Waals surface area contributed by atoms with Crippen LogP contribution in [0.3, 0.4) is 0 Å². The first-order chi connectivity index (χ1) is 11.0. The van der Waals surface area contributed by atoms with E-state index in [0.29, 0.717) is 24.7 Å². The van der Waals surface area contributed by atoms with Crippen molar-refractivity contribution in [3.8, 4) is 0 Å². The van der Waals surface area contributed by atoms with Crippen LogP contribution in [0.4, 0.5) is 0 Å². The fraction of sp³-hybridized carbons (Fsp3) is 0.450. The number of carbonyl (C=O) groups is 1. The molecule has 0 heterocycles. The SMILES string of the molecule is C=C1C=C[C@H](C(C)C)CCC(=O)C([S+]([O-])c2ccccc2)CC1. The fourth-order valence-corrected chi connectivity index (χ4v) is 4.33. The van der Waals surface area contributed by atoms with E-state index in [9.17, 15) is 9.35 Å². The Labute approximate surface area is 142 Å². The van der Waals surface area contributed by atoms with E-state index in [-0.39, 0.29) is 5.78 Å². The summed E-state index contributed by atoms with van der Waals surface area (Å²) < 4.78 is 12.8. The number of hydrogen-bond acceptors (Lipinski definition) is 2. The van der Waals surface area contributed by atoms with Gasteiger partial charge in [0.05, 0.1) is 0 Å². The van der Waals surface area contributed by atoms with Crippen molar-refractivity contribution >= 4 is 17.0 Å². The smallest absolute Gasteiger partial charge is 0.185 e. The average Bonchev–Trinajstić information content (AvgIpc) is 2.54. The molecule has 2 unspecified atom stereocenters. The van der Waals surface area contributed by atoms with Crippen molar-refractivity contribution in [2.24, 2.45) is 11.8 Å². The Morgan fingerprint density at radius 2 is 1.87 bits per heavy atom. The largest absolute Gasteiger partial charge is 0.611 e. The van der Waals surface area contributed by atoms with E-state index < -0.39 is 16.4 Å². The molecule has 1 aliphatic carbocycles. The summed E-state index contributed by atoms with van der Waals surface area (Å²) in [6.07, 6.45) is 6.93.